The summed E-state index contributed by atoms with van der Waals surface area (Å²) in [4.78, 5) is 42.7. The minimum absolute atomic E-state index is 0.0818. The molecule has 3 amide bonds. The number of pyridine rings is 1. The summed E-state index contributed by atoms with van der Waals surface area (Å²) in [6.45, 7) is 6.74. The molecule has 0 unspecified atom stereocenters. The number of hydrogen-bond donors (Lipinski definition) is 1. The monoisotopic (exact) mass is 531 g/mol. The molecule has 0 radical (unpaired) electrons. The molecule has 2 saturated heterocycles. The third-order valence-electron chi connectivity index (χ3n) is 6.84. The summed E-state index contributed by atoms with van der Waals surface area (Å²) < 4.78 is 0. The lowest BCUT2D eigenvalue weighted by Crippen LogP contribution is -2.50. The quantitative estimate of drug-likeness (QED) is 0.504. The smallest absolute Gasteiger partial charge is 0.323 e. The summed E-state index contributed by atoms with van der Waals surface area (Å²) in [7, 11) is 0. The molecule has 2 aliphatic heterocycles. The van der Waals surface area contributed by atoms with Gasteiger partial charge in [0.2, 0.25) is 5.91 Å². The third-order valence-corrected chi connectivity index (χ3v) is 7.64. The zero-order valence-electron chi connectivity index (χ0n) is 21.4. The number of anilines is 2. The zero-order valence-corrected chi connectivity index (χ0v) is 22.2. The molecule has 38 heavy (non-hydrogen) atoms. The highest BCUT2D eigenvalue weighted by Gasteiger charge is 2.24. The van der Waals surface area contributed by atoms with Crippen molar-refractivity contribution < 1.29 is 9.59 Å². The van der Waals surface area contributed by atoms with E-state index in [1.165, 1.54) is 16.9 Å². The van der Waals surface area contributed by atoms with Crippen LogP contribution in [0.5, 0.6) is 0 Å². The van der Waals surface area contributed by atoms with Crippen LogP contribution in [-0.2, 0) is 11.2 Å². The Balaban J connectivity index is 1.03. The molecule has 0 bridgehead atoms. The van der Waals surface area contributed by atoms with E-state index in [1.807, 2.05) is 46.7 Å². The van der Waals surface area contributed by atoms with Crippen LogP contribution >= 0.6 is 11.3 Å². The number of nitrogens with one attached hydrogen (secondary N) is 1. The van der Waals surface area contributed by atoms with E-state index in [2.05, 4.69) is 49.4 Å². The van der Waals surface area contributed by atoms with Crippen molar-refractivity contribution in [3.8, 4) is 0 Å². The minimum Gasteiger partial charge on any atom is -0.353 e. The second kappa shape index (κ2) is 12.7. The molecule has 1 N–H and O–H groups in total. The first-order chi connectivity index (χ1) is 18.6. The Morgan fingerprint density at radius 1 is 0.895 bits per heavy atom. The number of benzene rings is 1. The number of hydrogen-bond acceptors (Lipinski definition) is 7. The molecule has 0 spiro atoms. The number of carbonyl (C=O) groups excluding carboxylic acids is 2. The molecule has 2 aliphatic rings. The lowest BCUT2D eigenvalue weighted by Gasteiger charge is -2.35. The van der Waals surface area contributed by atoms with Gasteiger partial charge in [-0.15, -0.1) is 11.3 Å². The summed E-state index contributed by atoms with van der Waals surface area (Å²) >= 11 is 1.36. The van der Waals surface area contributed by atoms with Crippen molar-refractivity contribution in [1.82, 2.24) is 24.7 Å². The second-order valence-corrected chi connectivity index (χ2v) is 10.3. The van der Waals surface area contributed by atoms with E-state index in [0.717, 1.165) is 51.6 Å². The van der Waals surface area contributed by atoms with Crippen LogP contribution in [0.2, 0.25) is 0 Å². The van der Waals surface area contributed by atoms with Gasteiger partial charge in [0.25, 0.3) is 0 Å². The summed E-state index contributed by atoms with van der Waals surface area (Å²) in [5.41, 5.74) is 1.90. The maximum absolute atomic E-state index is 12.9. The third kappa shape index (κ3) is 6.96. The van der Waals surface area contributed by atoms with Crippen LogP contribution in [0.3, 0.4) is 0 Å². The van der Waals surface area contributed by atoms with Crippen molar-refractivity contribution in [2.45, 2.75) is 6.42 Å². The van der Waals surface area contributed by atoms with Gasteiger partial charge >= 0.3 is 6.03 Å². The van der Waals surface area contributed by atoms with E-state index in [9.17, 15) is 9.59 Å². The van der Waals surface area contributed by atoms with Gasteiger partial charge in [0.05, 0.1) is 12.1 Å². The van der Waals surface area contributed by atoms with Crippen LogP contribution < -0.4 is 10.2 Å². The van der Waals surface area contributed by atoms with Crippen molar-refractivity contribution in [2.24, 2.45) is 0 Å². The van der Waals surface area contributed by atoms with E-state index in [-0.39, 0.29) is 18.4 Å². The lowest BCUT2D eigenvalue weighted by atomic mass is 10.2. The Morgan fingerprint density at radius 3 is 2.37 bits per heavy atom. The van der Waals surface area contributed by atoms with Crippen molar-refractivity contribution >= 4 is 40.3 Å². The van der Waals surface area contributed by atoms with Gasteiger partial charge in [-0.1, -0.05) is 48.6 Å². The standard InChI is InChI=1S/C28H33N7O2S/c36-26(34-15-13-32(14-16-34)12-6-9-23-7-2-1-3-8-23)21-24-22-38-27(30-24)31-28(37)35-19-17-33(18-20-35)25-10-4-5-11-29-25/h1-11,22H,12-21H2,(H,30,31,37)/b9-6+. The minimum atomic E-state index is -0.157. The van der Waals surface area contributed by atoms with E-state index in [4.69, 9.17) is 0 Å². The molecular weight excluding hydrogens is 498 g/mol. The van der Waals surface area contributed by atoms with E-state index < -0.39 is 0 Å². The second-order valence-electron chi connectivity index (χ2n) is 9.41. The van der Waals surface area contributed by atoms with Crippen molar-refractivity contribution in [2.75, 3.05) is 69.1 Å². The molecule has 3 aromatic rings. The van der Waals surface area contributed by atoms with Crippen LogP contribution in [0.15, 0.2) is 66.2 Å². The average molecular weight is 532 g/mol. The fourth-order valence-corrected chi connectivity index (χ4v) is 5.34. The maximum Gasteiger partial charge on any atom is 0.323 e. The van der Waals surface area contributed by atoms with Crippen molar-refractivity contribution in [3.63, 3.8) is 0 Å². The predicted molar refractivity (Wildman–Crippen MR) is 151 cm³/mol. The van der Waals surface area contributed by atoms with Crippen LogP contribution in [0.1, 0.15) is 11.3 Å². The predicted octanol–water partition coefficient (Wildman–Crippen LogP) is 3.29. The van der Waals surface area contributed by atoms with Crippen LogP contribution in [0.4, 0.5) is 15.7 Å². The summed E-state index contributed by atoms with van der Waals surface area (Å²) in [5, 5.41) is 5.28. The van der Waals surface area contributed by atoms with Crippen molar-refractivity contribution in [3.05, 3.63) is 77.4 Å². The van der Waals surface area contributed by atoms with Crippen molar-refractivity contribution in [1.29, 1.82) is 0 Å². The molecule has 198 valence electrons. The first kappa shape index (κ1) is 25.9. The Morgan fingerprint density at radius 2 is 1.63 bits per heavy atom. The Kier molecular flexibility index (Phi) is 8.62. The van der Waals surface area contributed by atoms with E-state index in [1.54, 1.807) is 11.1 Å². The number of thiazole rings is 1. The van der Waals surface area contributed by atoms with Crippen LogP contribution in [0.25, 0.3) is 6.08 Å². The van der Waals surface area contributed by atoms with Gasteiger partial charge in [0.1, 0.15) is 5.82 Å². The zero-order chi connectivity index (χ0) is 26.2. The van der Waals surface area contributed by atoms with Gasteiger partial charge in [-0.25, -0.2) is 14.8 Å². The Bertz CT molecular complexity index is 1220. The molecule has 0 atom stereocenters. The molecule has 2 fully saturated rings. The molecule has 4 heterocycles. The van der Waals surface area contributed by atoms with Gasteiger partial charge in [0, 0.05) is 70.5 Å². The summed E-state index contributed by atoms with van der Waals surface area (Å²) in [5.74, 6) is 1.02. The first-order valence-corrected chi connectivity index (χ1v) is 13.9. The van der Waals surface area contributed by atoms with Gasteiger partial charge in [-0.05, 0) is 17.7 Å². The normalized spacial score (nSPS) is 16.7. The number of urea groups is 1. The summed E-state index contributed by atoms with van der Waals surface area (Å²) in [6, 6.07) is 16.0. The number of piperazine rings is 2. The lowest BCUT2D eigenvalue weighted by molar-refractivity contribution is -0.132. The molecule has 9 nitrogen and oxygen atoms in total. The largest absolute Gasteiger partial charge is 0.353 e. The van der Waals surface area contributed by atoms with E-state index in [0.29, 0.717) is 23.9 Å². The molecule has 1 aromatic carbocycles. The molecule has 0 aliphatic carbocycles. The fourth-order valence-electron chi connectivity index (χ4n) is 4.64. The number of amides is 3. The fraction of sp³-hybridized carbons (Fsp3) is 0.357. The van der Waals surface area contributed by atoms with Gasteiger partial charge in [-0.3, -0.25) is 15.0 Å². The van der Waals surface area contributed by atoms with E-state index >= 15 is 0 Å². The topological polar surface area (TPSA) is 84.9 Å². The first-order valence-electron chi connectivity index (χ1n) is 13.0. The number of rotatable bonds is 7. The SMILES string of the molecule is O=C(Cc1csc(NC(=O)N2CCN(c3ccccn3)CC2)n1)N1CCN(C/C=C/c2ccccc2)CC1. The molecular formula is C28H33N7O2S. The molecule has 5 rings (SSSR count). The van der Waals surface area contributed by atoms with Crippen LogP contribution in [0, 0.1) is 0 Å². The number of nitrogens with zero attached hydrogens (tertiary/aromatic N) is 6. The molecule has 10 heteroatoms. The number of aromatic nitrogens is 2. The average Bonchev–Trinajstić information content (AvgIpc) is 3.41. The molecule has 0 saturated carbocycles. The Hall–Kier alpha value is -3.76. The van der Waals surface area contributed by atoms with Gasteiger partial charge < -0.3 is 14.7 Å². The summed E-state index contributed by atoms with van der Waals surface area (Å²) in [6.07, 6.45) is 6.35. The van der Waals surface area contributed by atoms with Gasteiger partial charge in [0.15, 0.2) is 5.13 Å². The highest BCUT2D eigenvalue weighted by atomic mass is 32.1. The van der Waals surface area contributed by atoms with Gasteiger partial charge in [-0.2, -0.15) is 0 Å². The highest BCUT2D eigenvalue weighted by Crippen LogP contribution is 2.19. The highest BCUT2D eigenvalue weighted by molar-refractivity contribution is 7.13. The van der Waals surface area contributed by atoms with Crippen LogP contribution in [-0.4, -0.2) is 95.5 Å². The maximum atomic E-state index is 12.9. The number of carbonyl (C=O) groups is 2. The Labute approximate surface area is 227 Å². The molecule has 2 aromatic heterocycles.